The summed E-state index contributed by atoms with van der Waals surface area (Å²) in [6.07, 6.45) is 4.33. The van der Waals surface area contributed by atoms with Gasteiger partial charge in [-0.3, -0.25) is 10.1 Å². The summed E-state index contributed by atoms with van der Waals surface area (Å²) in [7, 11) is -2.20. The van der Waals surface area contributed by atoms with E-state index in [2.05, 4.69) is 22.1 Å². The van der Waals surface area contributed by atoms with Crippen LogP contribution in [0.3, 0.4) is 0 Å². The number of ether oxygens (including phenoxy) is 3. The van der Waals surface area contributed by atoms with Gasteiger partial charge in [0.2, 0.25) is 5.88 Å². The third kappa shape index (κ3) is 6.86. The van der Waals surface area contributed by atoms with E-state index in [1.165, 1.54) is 50.7 Å². The number of anilines is 1. The van der Waals surface area contributed by atoms with Crippen molar-refractivity contribution in [1.29, 1.82) is 0 Å². The Morgan fingerprint density at radius 2 is 1.69 bits per heavy atom. The van der Waals surface area contributed by atoms with Gasteiger partial charge < -0.3 is 23.9 Å². The highest BCUT2D eigenvalue weighted by Gasteiger charge is 2.59. The number of amides is 2. The van der Waals surface area contributed by atoms with Crippen LogP contribution in [-0.4, -0.2) is 88.9 Å². The van der Waals surface area contributed by atoms with Gasteiger partial charge in [-0.05, 0) is 94.4 Å². The number of sulfonamides is 1. The number of hydroxylamine groups is 2. The van der Waals surface area contributed by atoms with Crippen molar-refractivity contribution in [3.63, 3.8) is 0 Å². The number of benzene rings is 2. The Bertz CT molecular complexity index is 1920. The molecule has 280 valence electrons. The van der Waals surface area contributed by atoms with Crippen molar-refractivity contribution in [3.8, 4) is 17.4 Å². The number of pyridine rings is 1. The van der Waals surface area contributed by atoms with Gasteiger partial charge in [0.25, 0.3) is 15.9 Å². The maximum absolute atomic E-state index is 15.3. The van der Waals surface area contributed by atoms with Crippen LogP contribution < -0.4 is 23.8 Å². The van der Waals surface area contributed by atoms with E-state index in [9.17, 15) is 13.2 Å². The molecule has 1 atom stereocenters. The van der Waals surface area contributed by atoms with Crippen LogP contribution in [0.1, 0.15) is 50.7 Å². The molecule has 3 aliphatic rings. The second kappa shape index (κ2) is 15.4. The molecular weight excluding hydrogens is 717 g/mol. The monoisotopic (exact) mass is 759 g/mol. The lowest BCUT2D eigenvalue weighted by atomic mass is 9.79. The molecule has 2 amide bonds. The van der Waals surface area contributed by atoms with Gasteiger partial charge in [0.1, 0.15) is 22.2 Å². The van der Waals surface area contributed by atoms with E-state index in [-0.39, 0.29) is 35.1 Å². The number of nitrogens with one attached hydrogen (secondary N) is 1. The molecule has 0 radical (unpaired) electrons. The molecule has 13 nitrogen and oxygen atoms in total. The second-order valence-electron chi connectivity index (χ2n) is 13.0. The number of aromatic nitrogens is 1. The number of carbonyl (C=O) groups is 2. The molecule has 6 rings (SSSR count). The van der Waals surface area contributed by atoms with E-state index < -0.39 is 43.3 Å². The molecule has 2 saturated heterocycles. The largest absolute Gasteiger partial charge is 0.497 e. The molecule has 3 aromatic rings. The number of hydrogen-bond donors (Lipinski definition) is 1. The average molecular weight is 760 g/mol. The van der Waals surface area contributed by atoms with Crippen molar-refractivity contribution < 1.29 is 41.4 Å². The number of piperidine rings is 2. The minimum atomic E-state index is -4.86. The Balaban J connectivity index is 1.38. The molecule has 0 spiro atoms. The van der Waals surface area contributed by atoms with Gasteiger partial charge in [0, 0.05) is 37.0 Å². The van der Waals surface area contributed by atoms with Crippen LogP contribution in [0.2, 0.25) is 5.02 Å². The lowest BCUT2D eigenvalue weighted by Gasteiger charge is -2.39. The zero-order valence-electron chi connectivity index (χ0n) is 29.6. The van der Waals surface area contributed by atoms with Crippen molar-refractivity contribution in [3.05, 3.63) is 70.6 Å². The third-order valence-corrected chi connectivity index (χ3v) is 12.3. The Morgan fingerprint density at radius 1 is 1.00 bits per heavy atom. The van der Waals surface area contributed by atoms with Crippen LogP contribution in [0.15, 0.2) is 53.6 Å². The number of halogens is 2. The fraction of sp³-hybridized carbons (Fsp3) is 0.472. The molecule has 3 aliphatic heterocycles. The summed E-state index contributed by atoms with van der Waals surface area (Å²) in [5.74, 6) is -0.961. The van der Waals surface area contributed by atoms with Gasteiger partial charge in [-0.1, -0.05) is 18.5 Å². The third-order valence-electron chi connectivity index (χ3n) is 10.3. The van der Waals surface area contributed by atoms with Gasteiger partial charge in [-0.25, -0.2) is 22.6 Å². The van der Waals surface area contributed by atoms with E-state index in [1.807, 2.05) is 0 Å². The summed E-state index contributed by atoms with van der Waals surface area (Å²) in [5, 5.41) is 3.81. The van der Waals surface area contributed by atoms with Crippen LogP contribution in [0.25, 0.3) is 0 Å². The summed E-state index contributed by atoms with van der Waals surface area (Å²) < 4.78 is 61.2. The Hall–Kier alpha value is -4.18. The van der Waals surface area contributed by atoms with Crippen LogP contribution in [0, 0.1) is 17.7 Å². The molecule has 4 heterocycles. The lowest BCUT2D eigenvalue weighted by molar-refractivity contribution is -0.130. The highest BCUT2D eigenvalue weighted by Crippen LogP contribution is 2.51. The quantitative estimate of drug-likeness (QED) is 0.271. The van der Waals surface area contributed by atoms with Crippen LogP contribution >= 0.6 is 11.6 Å². The SMILES string of the molecule is CCOc1ncccc1C1(NC(=O)ON2CCC(C3CCN(CC)CC3)CC2)C(=O)N(S(=O)(=O)c2ccc(OC)cc2OC)c2cc(F)c(Cl)cc21. The minimum absolute atomic E-state index is 0.0146. The van der Waals surface area contributed by atoms with E-state index in [4.69, 9.17) is 30.6 Å². The predicted molar refractivity (Wildman–Crippen MR) is 191 cm³/mol. The molecule has 0 aliphatic carbocycles. The maximum Gasteiger partial charge on any atom is 0.427 e. The first kappa shape index (κ1) is 37.6. The molecule has 1 aromatic heterocycles. The minimum Gasteiger partial charge on any atom is -0.497 e. The first-order valence-corrected chi connectivity index (χ1v) is 19.2. The van der Waals surface area contributed by atoms with Crippen molar-refractivity contribution in [1.82, 2.24) is 20.3 Å². The number of hydrogen-bond acceptors (Lipinski definition) is 11. The van der Waals surface area contributed by atoms with Gasteiger partial charge in [0.15, 0.2) is 5.54 Å². The van der Waals surface area contributed by atoms with E-state index in [0.29, 0.717) is 35.0 Å². The standard InChI is InChI=1S/C36H43ClFN5O8S/c1-5-41-16-11-23(12-17-41)24-13-18-42(19-14-24)51-35(45)40-36(26-8-7-15-39-33(26)50-6-2)27-21-28(37)29(38)22-30(27)43(34(36)44)52(46,47)32-10-9-25(48-3)20-31(32)49-4/h7-10,15,20-24H,5-6,11-14,16-19H2,1-4H3,(H,40,45). The summed E-state index contributed by atoms with van der Waals surface area (Å²) in [5.41, 5.74) is -2.88. The molecular formula is C36H43ClFN5O8S. The Labute approximate surface area is 307 Å². The van der Waals surface area contributed by atoms with E-state index >= 15 is 9.18 Å². The van der Waals surface area contributed by atoms with Crippen molar-refractivity contribution in [2.24, 2.45) is 11.8 Å². The van der Waals surface area contributed by atoms with Crippen LogP contribution in [0.4, 0.5) is 14.9 Å². The smallest absolute Gasteiger partial charge is 0.427 e. The summed E-state index contributed by atoms with van der Waals surface area (Å²) in [6.45, 7) is 8.18. The number of rotatable bonds is 11. The molecule has 16 heteroatoms. The maximum atomic E-state index is 15.3. The Morgan fingerprint density at radius 3 is 2.33 bits per heavy atom. The molecule has 2 aromatic carbocycles. The van der Waals surface area contributed by atoms with E-state index in [1.54, 1.807) is 12.0 Å². The van der Waals surface area contributed by atoms with Crippen LogP contribution in [0.5, 0.6) is 17.4 Å². The highest BCUT2D eigenvalue weighted by molar-refractivity contribution is 7.93. The number of carbonyl (C=O) groups excluding carboxylic acids is 2. The van der Waals surface area contributed by atoms with Crippen molar-refractivity contribution in [2.45, 2.75) is 50.0 Å². The molecule has 0 bridgehead atoms. The summed E-state index contributed by atoms with van der Waals surface area (Å²) in [4.78, 5) is 41.2. The molecule has 1 unspecified atom stereocenters. The first-order chi connectivity index (χ1) is 25.0. The molecule has 0 saturated carbocycles. The van der Waals surface area contributed by atoms with Gasteiger partial charge in [-0.15, -0.1) is 5.06 Å². The number of methoxy groups -OCH3 is 2. The first-order valence-electron chi connectivity index (χ1n) is 17.3. The fourth-order valence-corrected chi connectivity index (χ4v) is 9.32. The topological polar surface area (TPSA) is 140 Å². The summed E-state index contributed by atoms with van der Waals surface area (Å²) >= 11 is 6.31. The van der Waals surface area contributed by atoms with E-state index in [0.717, 1.165) is 57.5 Å². The fourth-order valence-electron chi connectivity index (χ4n) is 7.56. The average Bonchev–Trinajstić information content (AvgIpc) is 3.38. The van der Waals surface area contributed by atoms with Crippen molar-refractivity contribution >= 4 is 39.3 Å². The van der Waals surface area contributed by atoms with Gasteiger partial charge in [-0.2, -0.15) is 4.31 Å². The summed E-state index contributed by atoms with van der Waals surface area (Å²) in [6, 6.07) is 8.85. The predicted octanol–water partition coefficient (Wildman–Crippen LogP) is 5.35. The number of likely N-dealkylation sites (tertiary alicyclic amines) is 1. The molecule has 52 heavy (non-hydrogen) atoms. The lowest BCUT2D eigenvalue weighted by Crippen LogP contribution is -2.56. The van der Waals surface area contributed by atoms with Crippen molar-refractivity contribution in [2.75, 3.05) is 57.9 Å². The number of nitrogens with zero attached hydrogens (tertiary/aromatic N) is 4. The molecule has 2 fully saturated rings. The second-order valence-corrected chi connectivity index (χ2v) is 15.1. The Kier molecular flexibility index (Phi) is 11.1. The normalized spacial score (nSPS) is 20.4. The molecule has 1 N–H and O–H groups in total. The van der Waals surface area contributed by atoms with Crippen LogP contribution in [-0.2, 0) is 25.2 Å². The number of fused-ring (bicyclic) bond motifs is 1. The van der Waals surface area contributed by atoms with Gasteiger partial charge in [0.05, 0.1) is 37.1 Å². The zero-order valence-corrected chi connectivity index (χ0v) is 31.1. The highest BCUT2D eigenvalue weighted by atomic mass is 35.5. The zero-order chi connectivity index (χ0) is 37.2. The van der Waals surface area contributed by atoms with Gasteiger partial charge >= 0.3 is 6.09 Å².